The summed E-state index contributed by atoms with van der Waals surface area (Å²) in [5.74, 6) is 0.665. The zero-order valence-corrected chi connectivity index (χ0v) is 11.2. The molecule has 0 radical (unpaired) electrons. The van der Waals surface area contributed by atoms with E-state index < -0.39 is 0 Å². The van der Waals surface area contributed by atoms with Crippen molar-refractivity contribution in [1.29, 1.82) is 0 Å². The van der Waals surface area contributed by atoms with E-state index in [4.69, 9.17) is 4.42 Å². The average Bonchev–Trinajstić information content (AvgIpc) is 2.81. The fourth-order valence-electron chi connectivity index (χ4n) is 2.01. The SMILES string of the molecule is CC(C)NCc1nnc(N2CCC(C)(C)C2)o1. The molecule has 1 aliphatic heterocycles. The van der Waals surface area contributed by atoms with E-state index in [-0.39, 0.29) is 0 Å². The van der Waals surface area contributed by atoms with Crippen molar-refractivity contribution < 1.29 is 4.42 Å². The molecule has 0 bridgehead atoms. The molecule has 96 valence electrons. The van der Waals surface area contributed by atoms with E-state index in [0.717, 1.165) is 13.1 Å². The van der Waals surface area contributed by atoms with Crippen LogP contribution in [0.15, 0.2) is 4.42 Å². The standard InChI is InChI=1S/C12H22N4O/c1-9(2)13-7-10-14-15-11(17-10)16-6-5-12(3,4)8-16/h9,13H,5-8H2,1-4H3. The van der Waals surface area contributed by atoms with Gasteiger partial charge < -0.3 is 14.6 Å². The zero-order valence-electron chi connectivity index (χ0n) is 11.2. The molecule has 0 unspecified atom stereocenters. The van der Waals surface area contributed by atoms with Crippen LogP contribution >= 0.6 is 0 Å². The molecule has 0 spiro atoms. The summed E-state index contributed by atoms with van der Waals surface area (Å²) in [6.07, 6.45) is 1.18. The highest BCUT2D eigenvalue weighted by molar-refractivity contribution is 5.27. The van der Waals surface area contributed by atoms with Gasteiger partial charge in [0.15, 0.2) is 0 Å². The maximum atomic E-state index is 5.65. The Hall–Kier alpha value is -1.10. The molecule has 2 heterocycles. The highest BCUT2D eigenvalue weighted by atomic mass is 16.4. The molecule has 0 saturated carbocycles. The van der Waals surface area contributed by atoms with Crippen molar-refractivity contribution in [1.82, 2.24) is 15.5 Å². The molecule has 5 heteroatoms. The Kier molecular flexibility index (Phi) is 3.38. The Morgan fingerprint density at radius 3 is 2.76 bits per heavy atom. The molecule has 5 nitrogen and oxygen atoms in total. The molecule has 0 amide bonds. The van der Waals surface area contributed by atoms with Crippen LogP contribution in [0.3, 0.4) is 0 Å². The molecule has 0 aromatic carbocycles. The monoisotopic (exact) mass is 238 g/mol. The second-order valence-electron chi connectivity index (χ2n) is 5.85. The Bertz CT molecular complexity index is 372. The molecular weight excluding hydrogens is 216 g/mol. The summed E-state index contributed by atoms with van der Waals surface area (Å²) in [4.78, 5) is 2.17. The normalized spacial score (nSPS) is 19.2. The van der Waals surface area contributed by atoms with Crippen molar-refractivity contribution in [2.24, 2.45) is 5.41 Å². The van der Waals surface area contributed by atoms with Crippen LogP contribution in [0.1, 0.15) is 40.0 Å². The lowest BCUT2D eigenvalue weighted by molar-refractivity contribution is 0.411. The second kappa shape index (κ2) is 4.64. The minimum Gasteiger partial charge on any atom is -0.407 e. The van der Waals surface area contributed by atoms with Gasteiger partial charge in [0.1, 0.15) is 0 Å². The van der Waals surface area contributed by atoms with Crippen LogP contribution in [0, 0.1) is 5.41 Å². The van der Waals surface area contributed by atoms with Crippen LogP contribution in [0.25, 0.3) is 0 Å². The Balaban J connectivity index is 1.94. The first kappa shape index (κ1) is 12.4. The van der Waals surface area contributed by atoms with Gasteiger partial charge in [-0.05, 0) is 11.8 Å². The van der Waals surface area contributed by atoms with Crippen LogP contribution in [-0.4, -0.2) is 29.3 Å². The molecule has 1 saturated heterocycles. The zero-order chi connectivity index (χ0) is 12.5. The summed E-state index contributed by atoms with van der Waals surface area (Å²) in [5, 5.41) is 11.4. The number of hydrogen-bond acceptors (Lipinski definition) is 5. The first-order valence-electron chi connectivity index (χ1n) is 6.27. The smallest absolute Gasteiger partial charge is 0.318 e. The average molecular weight is 238 g/mol. The summed E-state index contributed by atoms with van der Waals surface area (Å²) < 4.78 is 5.65. The first-order chi connectivity index (χ1) is 7.96. The van der Waals surface area contributed by atoms with Crippen molar-refractivity contribution in [3.05, 3.63) is 5.89 Å². The quantitative estimate of drug-likeness (QED) is 0.867. The third kappa shape index (κ3) is 3.19. The van der Waals surface area contributed by atoms with E-state index in [9.17, 15) is 0 Å². The molecule has 1 N–H and O–H groups in total. The molecular formula is C12H22N4O. The van der Waals surface area contributed by atoms with Crippen LogP contribution in [0.5, 0.6) is 0 Å². The van der Waals surface area contributed by atoms with E-state index in [1.807, 2.05) is 0 Å². The molecule has 2 rings (SSSR count). The Labute approximate surface area is 103 Å². The van der Waals surface area contributed by atoms with Crippen LogP contribution in [0.4, 0.5) is 6.01 Å². The first-order valence-corrected chi connectivity index (χ1v) is 6.27. The topological polar surface area (TPSA) is 54.2 Å². The van der Waals surface area contributed by atoms with Crippen molar-refractivity contribution in [2.45, 2.75) is 46.7 Å². The highest BCUT2D eigenvalue weighted by Crippen LogP contribution is 2.31. The van der Waals surface area contributed by atoms with Gasteiger partial charge in [0.25, 0.3) is 0 Å². The molecule has 1 aliphatic rings. The van der Waals surface area contributed by atoms with Gasteiger partial charge >= 0.3 is 6.01 Å². The fraction of sp³-hybridized carbons (Fsp3) is 0.833. The van der Waals surface area contributed by atoms with E-state index in [1.54, 1.807) is 0 Å². The van der Waals surface area contributed by atoms with Gasteiger partial charge in [-0.15, -0.1) is 5.10 Å². The Morgan fingerprint density at radius 2 is 2.18 bits per heavy atom. The van der Waals surface area contributed by atoms with Crippen molar-refractivity contribution in [3.8, 4) is 0 Å². The molecule has 17 heavy (non-hydrogen) atoms. The second-order valence-corrected chi connectivity index (χ2v) is 5.85. The van der Waals surface area contributed by atoms with Gasteiger partial charge in [0.2, 0.25) is 5.89 Å². The molecule has 1 aromatic heterocycles. The van der Waals surface area contributed by atoms with Crippen molar-refractivity contribution in [2.75, 3.05) is 18.0 Å². The van der Waals surface area contributed by atoms with Gasteiger partial charge in [0, 0.05) is 19.1 Å². The number of rotatable bonds is 4. The summed E-state index contributed by atoms with van der Waals surface area (Å²) >= 11 is 0. The minimum atomic E-state index is 0.352. The number of aromatic nitrogens is 2. The molecule has 1 aromatic rings. The maximum absolute atomic E-state index is 5.65. The van der Waals surface area contributed by atoms with Crippen LogP contribution < -0.4 is 10.2 Å². The van der Waals surface area contributed by atoms with Crippen molar-refractivity contribution >= 4 is 6.01 Å². The van der Waals surface area contributed by atoms with Crippen LogP contribution in [0.2, 0.25) is 0 Å². The van der Waals surface area contributed by atoms with E-state index in [2.05, 4.69) is 48.1 Å². The third-order valence-electron chi connectivity index (χ3n) is 3.07. The molecule has 1 fully saturated rings. The summed E-state index contributed by atoms with van der Waals surface area (Å²) in [7, 11) is 0. The largest absolute Gasteiger partial charge is 0.407 e. The predicted molar refractivity (Wildman–Crippen MR) is 66.9 cm³/mol. The number of hydrogen-bond donors (Lipinski definition) is 1. The number of anilines is 1. The summed E-state index contributed by atoms with van der Waals surface area (Å²) in [6, 6.07) is 1.09. The Morgan fingerprint density at radius 1 is 1.41 bits per heavy atom. The van der Waals surface area contributed by atoms with Gasteiger partial charge in [0.05, 0.1) is 6.54 Å². The van der Waals surface area contributed by atoms with E-state index >= 15 is 0 Å². The molecule has 0 aliphatic carbocycles. The summed E-state index contributed by atoms with van der Waals surface area (Å²) in [5.41, 5.74) is 0.352. The minimum absolute atomic E-state index is 0.352. The van der Waals surface area contributed by atoms with E-state index in [1.165, 1.54) is 6.42 Å². The fourth-order valence-corrected chi connectivity index (χ4v) is 2.01. The van der Waals surface area contributed by atoms with Crippen molar-refractivity contribution in [3.63, 3.8) is 0 Å². The lowest BCUT2D eigenvalue weighted by atomic mass is 9.93. The third-order valence-corrected chi connectivity index (χ3v) is 3.07. The highest BCUT2D eigenvalue weighted by Gasteiger charge is 2.31. The van der Waals surface area contributed by atoms with Gasteiger partial charge in [-0.2, -0.15) is 0 Å². The van der Waals surface area contributed by atoms with Gasteiger partial charge in [-0.25, -0.2) is 0 Å². The van der Waals surface area contributed by atoms with Gasteiger partial charge in [-0.1, -0.05) is 32.8 Å². The van der Waals surface area contributed by atoms with Crippen LogP contribution in [-0.2, 0) is 6.54 Å². The predicted octanol–water partition coefficient (Wildman–Crippen LogP) is 1.80. The number of nitrogens with one attached hydrogen (secondary N) is 1. The lowest BCUT2D eigenvalue weighted by Gasteiger charge is -2.17. The van der Waals surface area contributed by atoms with E-state index in [0.29, 0.717) is 29.9 Å². The summed E-state index contributed by atoms with van der Waals surface area (Å²) in [6.45, 7) is 11.4. The lowest BCUT2D eigenvalue weighted by Crippen LogP contribution is -2.23. The molecule has 0 atom stereocenters. The number of nitrogens with zero attached hydrogens (tertiary/aromatic N) is 3. The van der Waals surface area contributed by atoms with Gasteiger partial charge in [-0.3, -0.25) is 0 Å². The maximum Gasteiger partial charge on any atom is 0.318 e.